The predicted molar refractivity (Wildman–Crippen MR) is 65.4 cm³/mol. The van der Waals surface area contributed by atoms with Crippen molar-refractivity contribution >= 4 is 16.8 Å². The summed E-state index contributed by atoms with van der Waals surface area (Å²) in [6.07, 6.45) is 4.41. The molecule has 2 aromatic rings. The topological polar surface area (TPSA) is 44.9 Å². The number of rotatable bonds is 4. The molecule has 0 spiro atoms. The molecule has 0 radical (unpaired) electrons. The average Bonchev–Trinajstić information content (AvgIpc) is 2.76. The normalized spacial score (nSPS) is 10.2. The minimum Gasteiger partial charge on any atom is -0.361 e. The summed E-state index contributed by atoms with van der Waals surface area (Å²) in [6, 6.07) is 7.64. The molecular formula is C13H14N2O. The summed E-state index contributed by atoms with van der Waals surface area (Å²) in [4.78, 5) is 14.9. The number of aromatic amines is 1. The number of hydrogen-bond donors (Lipinski definition) is 2. The number of benzene rings is 1. The first-order valence-electron chi connectivity index (χ1n) is 5.28. The molecule has 0 aliphatic carbocycles. The van der Waals surface area contributed by atoms with E-state index >= 15 is 0 Å². The average molecular weight is 214 g/mol. The van der Waals surface area contributed by atoms with Crippen LogP contribution in [0.2, 0.25) is 0 Å². The molecule has 2 N–H and O–H groups in total. The summed E-state index contributed by atoms with van der Waals surface area (Å²) in [5.41, 5.74) is 1.57. The van der Waals surface area contributed by atoms with E-state index in [2.05, 4.69) is 16.9 Å². The Kier molecular flexibility index (Phi) is 3.05. The second-order valence-electron chi connectivity index (χ2n) is 3.58. The zero-order valence-corrected chi connectivity index (χ0v) is 8.99. The Hall–Kier alpha value is -2.03. The van der Waals surface area contributed by atoms with Gasteiger partial charge in [-0.3, -0.25) is 4.79 Å². The lowest BCUT2D eigenvalue weighted by molar-refractivity contribution is 0.0956. The van der Waals surface area contributed by atoms with Gasteiger partial charge in [-0.1, -0.05) is 18.2 Å². The first kappa shape index (κ1) is 10.5. The van der Waals surface area contributed by atoms with Crippen molar-refractivity contribution in [3.8, 4) is 0 Å². The second-order valence-corrected chi connectivity index (χ2v) is 3.58. The molecule has 3 nitrogen and oxygen atoms in total. The minimum atomic E-state index is -0.0464. The summed E-state index contributed by atoms with van der Waals surface area (Å²) in [7, 11) is 0. The van der Waals surface area contributed by atoms with Crippen molar-refractivity contribution in [2.45, 2.75) is 6.42 Å². The molecular weight excluding hydrogens is 200 g/mol. The molecule has 1 aromatic carbocycles. The standard InChI is InChI=1S/C13H14N2O/c1-2-3-8-15-13(16)11-6-4-5-10-7-9-14-12(10)11/h2,4-7,9,14H,1,3,8H2,(H,15,16). The molecule has 1 aromatic heterocycles. The van der Waals surface area contributed by atoms with Gasteiger partial charge in [-0.25, -0.2) is 0 Å². The van der Waals surface area contributed by atoms with Crippen LogP contribution in [-0.2, 0) is 0 Å². The maximum Gasteiger partial charge on any atom is 0.253 e. The summed E-state index contributed by atoms with van der Waals surface area (Å²) in [6.45, 7) is 4.24. The molecule has 0 bridgehead atoms. The summed E-state index contributed by atoms with van der Waals surface area (Å²) in [5, 5.41) is 3.90. The van der Waals surface area contributed by atoms with Crippen molar-refractivity contribution in [1.29, 1.82) is 0 Å². The maximum absolute atomic E-state index is 11.9. The Bertz CT molecular complexity index is 513. The second kappa shape index (κ2) is 4.66. The lowest BCUT2D eigenvalue weighted by Crippen LogP contribution is -2.24. The monoisotopic (exact) mass is 214 g/mol. The molecule has 82 valence electrons. The van der Waals surface area contributed by atoms with E-state index in [0.29, 0.717) is 12.1 Å². The SMILES string of the molecule is C=CCCNC(=O)c1cccc2cc[nH]c12. The van der Waals surface area contributed by atoms with E-state index in [1.165, 1.54) is 0 Å². The van der Waals surface area contributed by atoms with Crippen LogP contribution in [0.25, 0.3) is 10.9 Å². The van der Waals surface area contributed by atoms with Crippen LogP contribution < -0.4 is 5.32 Å². The molecule has 0 saturated heterocycles. The molecule has 3 heteroatoms. The number of fused-ring (bicyclic) bond motifs is 1. The van der Waals surface area contributed by atoms with Gasteiger partial charge in [-0.15, -0.1) is 6.58 Å². The molecule has 0 fully saturated rings. The van der Waals surface area contributed by atoms with Crippen LogP contribution >= 0.6 is 0 Å². The number of hydrogen-bond acceptors (Lipinski definition) is 1. The van der Waals surface area contributed by atoms with Crippen LogP contribution in [0.3, 0.4) is 0 Å². The predicted octanol–water partition coefficient (Wildman–Crippen LogP) is 2.47. The number of H-pyrrole nitrogens is 1. The third kappa shape index (κ3) is 1.98. The lowest BCUT2D eigenvalue weighted by atomic mass is 10.1. The molecule has 2 rings (SSSR count). The Labute approximate surface area is 94.2 Å². The zero-order chi connectivity index (χ0) is 11.4. The van der Waals surface area contributed by atoms with Crippen LogP contribution in [0, 0.1) is 0 Å². The zero-order valence-electron chi connectivity index (χ0n) is 8.99. The Morgan fingerprint density at radius 2 is 2.31 bits per heavy atom. The van der Waals surface area contributed by atoms with Crippen LogP contribution in [-0.4, -0.2) is 17.4 Å². The molecule has 0 aliphatic heterocycles. The first-order chi connectivity index (χ1) is 7.83. The van der Waals surface area contributed by atoms with Crippen molar-refractivity contribution in [3.05, 3.63) is 48.7 Å². The number of para-hydroxylation sites is 1. The van der Waals surface area contributed by atoms with Crippen molar-refractivity contribution in [2.75, 3.05) is 6.54 Å². The van der Waals surface area contributed by atoms with Crippen LogP contribution in [0.5, 0.6) is 0 Å². The minimum absolute atomic E-state index is 0.0464. The number of carbonyl (C=O) groups excluding carboxylic acids is 1. The fourth-order valence-electron chi connectivity index (χ4n) is 1.66. The van der Waals surface area contributed by atoms with Gasteiger partial charge in [0, 0.05) is 18.1 Å². The quantitative estimate of drug-likeness (QED) is 0.596. The molecule has 1 amide bonds. The molecule has 1 heterocycles. The molecule has 0 unspecified atom stereocenters. The van der Waals surface area contributed by atoms with Crippen LogP contribution in [0.4, 0.5) is 0 Å². The van der Waals surface area contributed by atoms with Gasteiger partial charge in [0.15, 0.2) is 0 Å². The van der Waals surface area contributed by atoms with Gasteiger partial charge in [-0.05, 0) is 18.6 Å². The molecule has 0 saturated carbocycles. The molecule has 0 atom stereocenters. The largest absolute Gasteiger partial charge is 0.361 e. The van der Waals surface area contributed by atoms with Crippen molar-refractivity contribution in [3.63, 3.8) is 0 Å². The van der Waals surface area contributed by atoms with Gasteiger partial charge in [0.2, 0.25) is 0 Å². The highest BCUT2D eigenvalue weighted by molar-refractivity contribution is 6.05. The maximum atomic E-state index is 11.9. The van der Waals surface area contributed by atoms with E-state index in [0.717, 1.165) is 17.3 Å². The van der Waals surface area contributed by atoms with E-state index in [9.17, 15) is 4.79 Å². The highest BCUT2D eigenvalue weighted by atomic mass is 16.1. The van der Waals surface area contributed by atoms with Crippen molar-refractivity contribution < 1.29 is 4.79 Å². The van der Waals surface area contributed by atoms with E-state index < -0.39 is 0 Å². The van der Waals surface area contributed by atoms with E-state index in [1.807, 2.05) is 30.5 Å². The number of amides is 1. The molecule has 0 aliphatic rings. The fourth-order valence-corrected chi connectivity index (χ4v) is 1.66. The fraction of sp³-hybridized carbons (Fsp3) is 0.154. The number of nitrogens with one attached hydrogen (secondary N) is 2. The van der Waals surface area contributed by atoms with Gasteiger partial charge >= 0.3 is 0 Å². The number of aromatic nitrogens is 1. The Balaban J connectivity index is 2.22. The van der Waals surface area contributed by atoms with E-state index in [4.69, 9.17) is 0 Å². The molecule has 16 heavy (non-hydrogen) atoms. The van der Waals surface area contributed by atoms with Gasteiger partial charge in [-0.2, -0.15) is 0 Å². The third-order valence-corrected chi connectivity index (χ3v) is 2.47. The van der Waals surface area contributed by atoms with Crippen LogP contribution in [0.1, 0.15) is 16.8 Å². The van der Waals surface area contributed by atoms with Gasteiger partial charge in [0.25, 0.3) is 5.91 Å². The van der Waals surface area contributed by atoms with E-state index in [-0.39, 0.29) is 5.91 Å². The third-order valence-electron chi connectivity index (χ3n) is 2.47. The highest BCUT2D eigenvalue weighted by Gasteiger charge is 2.09. The highest BCUT2D eigenvalue weighted by Crippen LogP contribution is 2.16. The summed E-state index contributed by atoms with van der Waals surface area (Å²) >= 11 is 0. The first-order valence-corrected chi connectivity index (χ1v) is 5.28. The van der Waals surface area contributed by atoms with Gasteiger partial charge in [0.1, 0.15) is 0 Å². The van der Waals surface area contributed by atoms with Crippen molar-refractivity contribution in [1.82, 2.24) is 10.3 Å². The van der Waals surface area contributed by atoms with Crippen LogP contribution in [0.15, 0.2) is 43.1 Å². The van der Waals surface area contributed by atoms with E-state index in [1.54, 1.807) is 6.08 Å². The Morgan fingerprint density at radius 3 is 3.12 bits per heavy atom. The lowest BCUT2D eigenvalue weighted by Gasteiger charge is -2.04. The smallest absolute Gasteiger partial charge is 0.253 e. The Morgan fingerprint density at radius 1 is 1.44 bits per heavy atom. The summed E-state index contributed by atoms with van der Waals surface area (Å²) in [5.74, 6) is -0.0464. The van der Waals surface area contributed by atoms with Crippen molar-refractivity contribution in [2.24, 2.45) is 0 Å². The number of carbonyl (C=O) groups is 1. The van der Waals surface area contributed by atoms with Gasteiger partial charge < -0.3 is 10.3 Å². The van der Waals surface area contributed by atoms with Gasteiger partial charge in [0.05, 0.1) is 11.1 Å². The summed E-state index contributed by atoms with van der Waals surface area (Å²) < 4.78 is 0.